The third kappa shape index (κ3) is 5.42. The molecular formula is C15H25NOS. The summed E-state index contributed by atoms with van der Waals surface area (Å²) in [6.45, 7) is 4.59. The van der Waals surface area contributed by atoms with Crippen molar-refractivity contribution >= 4 is 11.8 Å². The molecule has 2 atom stereocenters. The molecule has 18 heavy (non-hydrogen) atoms. The fraction of sp³-hybridized carbons (Fsp3) is 0.600. The minimum absolute atomic E-state index is 0.183. The molecule has 0 radical (unpaired) electrons. The van der Waals surface area contributed by atoms with Gasteiger partial charge in [0.2, 0.25) is 0 Å². The molecule has 102 valence electrons. The maximum Gasteiger partial charge on any atom is 0.0584 e. The molecule has 1 aromatic rings. The Labute approximate surface area is 115 Å². The van der Waals surface area contributed by atoms with Gasteiger partial charge in [-0.25, -0.2) is 0 Å². The molecule has 0 aliphatic carbocycles. The summed E-state index contributed by atoms with van der Waals surface area (Å²) in [5.41, 5.74) is 1.30. The zero-order chi connectivity index (χ0) is 13.4. The first kappa shape index (κ1) is 15.5. The fourth-order valence-electron chi connectivity index (χ4n) is 2.14. The topological polar surface area (TPSA) is 32.3 Å². The molecule has 0 aliphatic heterocycles. The Kier molecular flexibility index (Phi) is 7.40. The Bertz CT molecular complexity index is 316. The van der Waals surface area contributed by atoms with Crippen molar-refractivity contribution in [2.45, 2.75) is 32.4 Å². The van der Waals surface area contributed by atoms with E-state index in [1.165, 1.54) is 5.56 Å². The van der Waals surface area contributed by atoms with E-state index in [0.29, 0.717) is 12.0 Å². The van der Waals surface area contributed by atoms with Crippen molar-refractivity contribution in [2.24, 2.45) is 5.92 Å². The van der Waals surface area contributed by atoms with Crippen molar-refractivity contribution < 1.29 is 5.11 Å². The highest BCUT2D eigenvalue weighted by Crippen LogP contribution is 2.19. The molecule has 0 aromatic heterocycles. The number of hydrogen-bond acceptors (Lipinski definition) is 3. The number of thioether (sulfide) groups is 1. The van der Waals surface area contributed by atoms with Gasteiger partial charge in [0.05, 0.1) is 6.61 Å². The van der Waals surface area contributed by atoms with Crippen LogP contribution in [0.1, 0.15) is 31.9 Å². The molecule has 0 aliphatic rings. The third-order valence-corrected chi connectivity index (χ3v) is 3.62. The summed E-state index contributed by atoms with van der Waals surface area (Å²) in [6.07, 6.45) is 3.13. The largest absolute Gasteiger partial charge is 0.395 e. The van der Waals surface area contributed by atoms with E-state index in [1.54, 1.807) is 0 Å². The van der Waals surface area contributed by atoms with E-state index in [9.17, 15) is 5.11 Å². The Balaban J connectivity index is 2.67. The maximum absolute atomic E-state index is 9.47. The molecule has 3 heteroatoms. The Hall–Kier alpha value is -0.510. The highest BCUT2D eigenvalue weighted by Gasteiger charge is 2.16. The van der Waals surface area contributed by atoms with Gasteiger partial charge in [-0.2, -0.15) is 11.8 Å². The van der Waals surface area contributed by atoms with E-state index >= 15 is 0 Å². The number of nitrogens with one attached hydrogen (secondary N) is 1. The lowest BCUT2D eigenvalue weighted by molar-refractivity contribution is 0.216. The summed E-state index contributed by atoms with van der Waals surface area (Å²) in [6, 6.07) is 11.0. The van der Waals surface area contributed by atoms with Crippen molar-refractivity contribution in [3.8, 4) is 0 Å². The second kappa shape index (κ2) is 8.57. The van der Waals surface area contributed by atoms with Crippen LogP contribution in [0.15, 0.2) is 30.3 Å². The fourth-order valence-corrected chi connectivity index (χ4v) is 2.76. The van der Waals surface area contributed by atoms with E-state index in [0.717, 1.165) is 12.2 Å². The van der Waals surface area contributed by atoms with Crippen LogP contribution in [-0.4, -0.2) is 29.8 Å². The molecule has 2 nitrogen and oxygen atoms in total. The Morgan fingerprint density at radius 1 is 1.22 bits per heavy atom. The van der Waals surface area contributed by atoms with Gasteiger partial charge in [-0.3, -0.25) is 0 Å². The van der Waals surface area contributed by atoms with E-state index in [4.69, 9.17) is 0 Å². The van der Waals surface area contributed by atoms with Crippen LogP contribution >= 0.6 is 11.8 Å². The minimum Gasteiger partial charge on any atom is -0.395 e. The lowest BCUT2D eigenvalue weighted by Gasteiger charge is -2.25. The first-order valence-corrected chi connectivity index (χ1v) is 7.97. The third-order valence-electron chi connectivity index (χ3n) is 2.95. The molecule has 0 bridgehead atoms. The molecule has 0 saturated heterocycles. The molecule has 0 amide bonds. The molecule has 2 N–H and O–H groups in total. The molecule has 0 spiro atoms. The van der Waals surface area contributed by atoms with Crippen LogP contribution in [0.4, 0.5) is 0 Å². The lowest BCUT2D eigenvalue weighted by atomic mass is 10.0. The van der Waals surface area contributed by atoms with Crippen molar-refractivity contribution in [1.29, 1.82) is 0 Å². The van der Waals surface area contributed by atoms with Crippen LogP contribution in [0.25, 0.3) is 0 Å². The van der Waals surface area contributed by atoms with E-state index in [2.05, 4.69) is 49.7 Å². The maximum atomic E-state index is 9.47. The summed E-state index contributed by atoms with van der Waals surface area (Å²) >= 11 is 1.83. The lowest BCUT2D eigenvalue weighted by Crippen LogP contribution is -2.37. The van der Waals surface area contributed by atoms with Gasteiger partial charge in [0.1, 0.15) is 0 Å². The van der Waals surface area contributed by atoms with Gasteiger partial charge in [-0.05, 0) is 24.2 Å². The standard InChI is InChI=1S/C15H25NOS/c1-12(2)9-14(10-17)16-15(11-18-3)13-7-5-4-6-8-13/h4-8,12,14-17H,9-11H2,1-3H3. The van der Waals surface area contributed by atoms with Gasteiger partial charge in [-0.15, -0.1) is 0 Å². The smallest absolute Gasteiger partial charge is 0.0584 e. The van der Waals surface area contributed by atoms with Crippen molar-refractivity contribution in [3.63, 3.8) is 0 Å². The quantitative estimate of drug-likeness (QED) is 0.759. The zero-order valence-corrected chi connectivity index (χ0v) is 12.4. The summed E-state index contributed by atoms with van der Waals surface area (Å²) < 4.78 is 0. The van der Waals surface area contributed by atoms with Crippen LogP contribution in [0.2, 0.25) is 0 Å². The van der Waals surface area contributed by atoms with Crippen molar-refractivity contribution in [1.82, 2.24) is 5.32 Å². The highest BCUT2D eigenvalue weighted by molar-refractivity contribution is 7.98. The van der Waals surface area contributed by atoms with Gasteiger partial charge in [-0.1, -0.05) is 44.2 Å². The van der Waals surface area contributed by atoms with Gasteiger partial charge in [0.25, 0.3) is 0 Å². The second-order valence-corrected chi connectivity index (χ2v) is 6.01. The first-order chi connectivity index (χ1) is 8.67. The first-order valence-electron chi connectivity index (χ1n) is 6.58. The molecule has 2 unspecified atom stereocenters. The van der Waals surface area contributed by atoms with Crippen molar-refractivity contribution in [2.75, 3.05) is 18.6 Å². The van der Waals surface area contributed by atoms with E-state index < -0.39 is 0 Å². The van der Waals surface area contributed by atoms with Crippen LogP contribution in [0.5, 0.6) is 0 Å². The zero-order valence-electron chi connectivity index (χ0n) is 11.6. The van der Waals surface area contributed by atoms with E-state index in [1.807, 2.05) is 17.8 Å². The van der Waals surface area contributed by atoms with Gasteiger partial charge >= 0.3 is 0 Å². The van der Waals surface area contributed by atoms with Gasteiger partial charge in [0.15, 0.2) is 0 Å². The molecular weight excluding hydrogens is 242 g/mol. The molecule has 1 rings (SSSR count). The Morgan fingerprint density at radius 2 is 1.89 bits per heavy atom. The number of hydrogen-bond donors (Lipinski definition) is 2. The molecule has 1 aromatic carbocycles. The highest BCUT2D eigenvalue weighted by atomic mass is 32.2. The van der Waals surface area contributed by atoms with Crippen LogP contribution in [0.3, 0.4) is 0 Å². The van der Waals surface area contributed by atoms with E-state index in [-0.39, 0.29) is 12.6 Å². The van der Waals surface area contributed by atoms with Crippen molar-refractivity contribution in [3.05, 3.63) is 35.9 Å². The number of benzene rings is 1. The number of aliphatic hydroxyl groups is 1. The summed E-state index contributed by atoms with van der Waals surface area (Å²) in [5.74, 6) is 1.62. The SMILES string of the molecule is CSCC(NC(CO)CC(C)C)c1ccccc1. The van der Waals surface area contributed by atoms with Gasteiger partial charge in [0, 0.05) is 17.8 Å². The van der Waals surface area contributed by atoms with Gasteiger partial charge < -0.3 is 10.4 Å². The van der Waals surface area contributed by atoms with Crippen LogP contribution < -0.4 is 5.32 Å². The average molecular weight is 267 g/mol. The summed E-state index contributed by atoms with van der Waals surface area (Å²) in [5, 5.41) is 13.1. The normalized spacial score (nSPS) is 14.7. The predicted octanol–water partition coefficient (Wildman–Crippen LogP) is 3.09. The second-order valence-electron chi connectivity index (χ2n) is 5.09. The molecule has 0 saturated carbocycles. The number of aliphatic hydroxyl groups excluding tert-OH is 1. The average Bonchev–Trinajstić information content (AvgIpc) is 2.37. The molecule has 0 fully saturated rings. The summed E-state index contributed by atoms with van der Waals surface area (Å²) in [7, 11) is 0. The Morgan fingerprint density at radius 3 is 2.39 bits per heavy atom. The summed E-state index contributed by atoms with van der Waals surface area (Å²) in [4.78, 5) is 0. The predicted molar refractivity (Wildman–Crippen MR) is 81.0 cm³/mol. The van der Waals surface area contributed by atoms with Crippen LogP contribution in [0, 0.1) is 5.92 Å². The number of rotatable bonds is 8. The monoisotopic (exact) mass is 267 g/mol. The molecule has 0 heterocycles. The minimum atomic E-state index is 0.183. The van der Waals surface area contributed by atoms with Crippen LogP contribution in [-0.2, 0) is 0 Å².